The Labute approximate surface area is 90.8 Å². The van der Waals surface area contributed by atoms with E-state index in [2.05, 4.69) is 4.90 Å². The van der Waals surface area contributed by atoms with Crippen LogP contribution in [0.15, 0.2) is 0 Å². The van der Waals surface area contributed by atoms with Gasteiger partial charge in [-0.2, -0.15) is 0 Å². The molecule has 0 unspecified atom stereocenters. The highest BCUT2D eigenvalue weighted by Gasteiger charge is 2.10. The van der Waals surface area contributed by atoms with Gasteiger partial charge in [0.25, 0.3) is 0 Å². The van der Waals surface area contributed by atoms with Crippen molar-refractivity contribution in [2.45, 2.75) is 32.1 Å². The molecule has 5 heteroatoms. The molecule has 0 radical (unpaired) electrons. The summed E-state index contributed by atoms with van der Waals surface area (Å²) in [6, 6.07) is 0. The summed E-state index contributed by atoms with van der Waals surface area (Å²) in [6.07, 6.45) is 5.77. The average molecular weight is 240 g/mol. The molecule has 0 aromatic carbocycles. The average Bonchev–Trinajstić information content (AvgIpc) is 2.30. The quantitative estimate of drug-likeness (QED) is 0.703. The van der Waals surface area contributed by atoms with Crippen LogP contribution in [0.1, 0.15) is 32.1 Å². The maximum atomic E-state index is 10.7. The highest BCUT2D eigenvalue weighted by molar-refractivity contribution is 8.13. The van der Waals surface area contributed by atoms with Crippen molar-refractivity contribution in [3.8, 4) is 0 Å². The van der Waals surface area contributed by atoms with E-state index in [1.807, 2.05) is 0 Å². The number of hydrogen-bond acceptors (Lipinski definition) is 3. The van der Waals surface area contributed by atoms with Gasteiger partial charge in [-0.1, -0.05) is 12.8 Å². The van der Waals surface area contributed by atoms with Crippen LogP contribution in [-0.2, 0) is 9.05 Å². The lowest BCUT2D eigenvalue weighted by atomic mass is 10.2. The Kier molecular flexibility index (Phi) is 5.20. The lowest BCUT2D eigenvalue weighted by molar-refractivity contribution is 0.286. The summed E-state index contributed by atoms with van der Waals surface area (Å²) in [5.74, 6) is 0.102. The van der Waals surface area contributed by atoms with Crippen molar-refractivity contribution in [1.29, 1.82) is 0 Å². The molecule has 0 aliphatic carbocycles. The van der Waals surface area contributed by atoms with Gasteiger partial charge in [-0.3, -0.25) is 0 Å². The van der Waals surface area contributed by atoms with Crippen LogP contribution < -0.4 is 0 Å². The maximum Gasteiger partial charge on any atom is 0.232 e. The van der Waals surface area contributed by atoms with Crippen molar-refractivity contribution in [2.24, 2.45) is 0 Å². The molecular weight excluding hydrogens is 222 g/mol. The van der Waals surface area contributed by atoms with Crippen molar-refractivity contribution in [3.05, 3.63) is 0 Å². The smallest absolute Gasteiger partial charge is 0.232 e. The van der Waals surface area contributed by atoms with E-state index in [9.17, 15) is 8.42 Å². The van der Waals surface area contributed by atoms with E-state index in [1.54, 1.807) is 0 Å². The summed E-state index contributed by atoms with van der Waals surface area (Å²) in [7, 11) is 1.85. The molecule has 1 aliphatic heterocycles. The molecule has 1 heterocycles. The van der Waals surface area contributed by atoms with Crippen molar-refractivity contribution in [2.75, 3.05) is 25.4 Å². The summed E-state index contributed by atoms with van der Waals surface area (Å²) in [5, 5.41) is 0. The Balaban J connectivity index is 2.16. The molecule has 0 spiro atoms. The second-order valence-corrected chi connectivity index (χ2v) is 6.75. The van der Waals surface area contributed by atoms with Gasteiger partial charge >= 0.3 is 0 Å². The zero-order valence-corrected chi connectivity index (χ0v) is 9.99. The normalized spacial score (nSPS) is 20.6. The van der Waals surface area contributed by atoms with Gasteiger partial charge < -0.3 is 4.90 Å². The van der Waals surface area contributed by atoms with Crippen LogP contribution in [-0.4, -0.2) is 38.7 Å². The summed E-state index contributed by atoms with van der Waals surface area (Å²) >= 11 is 0. The van der Waals surface area contributed by atoms with E-state index in [1.165, 1.54) is 25.7 Å². The van der Waals surface area contributed by atoms with E-state index < -0.39 is 9.05 Å². The predicted molar refractivity (Wildman–Crippen MR) is 59.2 cm³/mol. The van der Waals surface area contributed by atoms with Gasteiger partial charge in [0, 0.05) is 10.7 Å². The Bertz CT molecular complexity index is 246. The van der Waals surface area contributed by atoms with Gasteiger partial charge in [-0.05, 0) is 38.9 Å². The number of hydrogen-bond donors (Lipinski definition) is 0. The SMILES string of the molecule is O=S(=O)(Cl)CCCN1CCCCCC1. The first-order chi connectivity index (χ1) is 6.58. The summed E-state index contributed by atoms with van der Waals surface area (Å²) < 4.78 is 21.4. The van der Waals surface area contributed by atoms with E-state index in [-0.39, 0.29) is 5.75 Å². The Morgan fingerprint density at radius 3 is 2.14 bits per heavy atom. The van der Waals surface area contributed by atoms with Crippen LogP contribution in [0.5, 0.6) is 0 Å². The van der Waals surface area contributed by atoms with Gasteiger partial charge in [0.05, 0.1) is 5.75 Å². The van der Waals surface area contributed by atoms with Crippen LogP contribution in [0, 0.1) is 0 Å². The van der Waals surface area contributed by atoms with E-state index in [0.29, 0.717) is 6.42 Å². The van der Waals surface area contributed by atoms with Crippen LogP contribution in [0.3, 0.4) is 0 Å². The minimum Gasteiger partial charge on any atom is -0.303 e. The summed E-state index contributed by atoms with van der Waals surface area (Å²) in [4.78, 5) is 2.34. The second-order valence-electron chi connectivity index (χ2n) is 3.85. The van der Waals surface area contributed by atoms with Crippen molar-refractivity contribution in [1.82, 2.24) is 4.90 Å². The first kappa shape index (κ1) is 12.3. The molecule has 1 fully saturated rings. The molecule has 0 atom stereocenters. The van der Waals surface area contributed by atoms with Crippen molar-refractivity contribution in [3.63, 3.8) is 0 Å². The molecule has 1 rings (SSSR count). The molecule has 14 heavy (non-hydrogen) atoms. The number of rotatable bonds is 4. The van der Waals surface area contributed by atoms with Crippen molar-refractivity contribution < 1.29 is 8.42 Å². The highest BCUT2D eigenvalue weighted by Crippen LogP contribution is 2.10. The first-order valence-corrected chi connectivity index (χ1v) is 7.70. The van der Waals surface area contributed by atoms with E-state index in [0.717, 1.165) is 19.6 Å². The van der Waals surface area contributed by atoms with Gasteiger partial charge in [0.15, 0.2) is 0 Å². The predicted octanol–water partition coefficient (Wildman–Crippen LogP) is 1.82. The zero-order chi connectivity index (χ0) is 10.4. The fraction of sp³-hybridized carbons (Fsp3) is 1.00. The van der Waals surface area contributed by atoms with Gasteiger partial charge in [-0.25, -0.2) is 8.42 Å². The summed E-state index contributed by atoms with van der Waals surface area (Å²) in [5.41, 5.74) is 0. The Morgan fingerprint density at radius 2 is 1.64 bits per heavy atom. The second kappa shape index (κ2) is 5.93. The zero-order valence-electron chi connectivity index (χ0n) is 8.41. The largest absolute Gasteiger partial charge is 0.303 e. The molecule has 0 aromatic rings. The van der Waals surface area contributed by atoms with E-state index in [4.69, 9.17) is 10.7 Å². The van der Waals surface area contributed by atoms with Crippen LogP contribution in [0.2, 0.25) is 0 Å². The van der Waals surface area contributed by atoms with Crippen LogP contribution in [0.4, 0.5) is 0 Å². The molecular formula is C9H18ClNO2S. The molecule has 1 aliphatic rings. The summed E-state index contributed by atoms with van der Waals surface area (Å²) in [6.45, 7) is 3.09. The third kappa shape index (κ3) is 5.83. The molecule has 1 saturated heterocycles. The molecule has 3 nitrogen and oxygen atoms in total. The van der Waals surface area contributed by atoms with E-state index >= 15 is 0 Å². The van der Waals surface area contributed by atoms with Crippen LogP contribution >= 0.6 is 10.7 Å². The topological polar surface area (TPSA) is 37.4 Å². The highest BCUT2D eigenvalue weighted by atomic mass is 35.7. The maximum absolute atomic E-state index is 10.7. The molecule has 0 N–H and O–H groups in total. The standard InChI is InChI=1S/C9H18ClNO2S/c10-14(12,13)9-5-8-11-6-3-1-2-4-7-11/h1-9H2. The fourth-order valence-electron chi connectivity index (χ4n) is 1.82. The van der Waals surface area contributed by atoms with Crippen molar-refractivity contribution >= 4 is 19.7 Å². The third-order valence-electron chi connectivity index (χ3n) is 2.56. The third-order valence-corrected chi connectivity index (χ3v) is 3.80. The van der Waals surface area contributed by atoms with Gasteiger partial charge in [0.2, 0.25) is 9.05 Å². The van der Waals surface area contributed by atoms with Crippen LogP contribution in [0.25, 0.3) is 0 Å². The molecule has 0 saturated carbocycles. The molecule has 0 bridgehead atoms. The van der Waals surface area contributed by atoms with Gasteiger partial charge in [0.1, 0.15) is 0 Å². The minimum absolute atomic E-state index is 0.102. The molecule has 0 aromatic heterocycles. The Morgan fingerprint density at radius 1 is 1.07 bits per heavy atom. The number of nitrogens with zero attached hydrogens (tertiary/aromatic N) is 1. The fourth-order valence-corrected chi connectivity index (χ4v) is 2.62. The molecule has 84 valence electrons. The number of likely N-dealkylation sites (tertiary alicyclic amines) is 1. The molecule has 0 amide bonds. The lowest BCUT2D eigenvalue weighted by Crippen LogP contribution is -2.26. The van der Waals surface area contributed by atoms with Gasteiger partial charge in [-0.15, -0.1) is 0 Å². The Hall–Kier alpha value is 0.200. The lowest BCUT2D eigenvalue weighted by Gasteiger charge is -2.18. The first-order valence-electron chi connectivity index (χ1n) is 5.22. The number of halogens is 1. The minimum atomic E-state index is -3.29. The monoisotopic (exact) mass is 239 g/mol.